The molecule has 34 heavy (non-hydrogen) atoms. The van der Waals surface area contributed by atoms with E-state index in [9.17, 15) is 4.79 Å². The molecule has 7 rings (SSSR count). The Kier molecular flexibility index (Phi) is 3.90. The standard InChI is InChI=1S/C28H17N5O/c34-26-20-13-5-7-15-22(20)32-23-16-8-9-17-24(23)33(28(32)31-26)27-29-21-14-6-4-12-19(21)25(30-27)18-10-2-1-3-11-18/h1-17H. The number of benzene rings is 4. The molecular formula is C28H17N5O. The summed E-state index contributed by atoms with van der Waals surface area (Å²) >= 11 is 0. The molecule has 0 aliphatic carbocycles. The SMILES string of the molecule is O=c1nc2n(-c3nc(-c4ccccc4)c4ccccc4n3)c3ccccc3n2c2ccccc12. The lowest BCUT2D eigenvalue weighted by Gasteiger charge is -2.10. The summed E-state index contributed by atoms with van der Waals surface area (Å²) in [6.45, 7) is 0. The van der Waals surface area contributed by atoms with E-state index in [2.05, 4.69) is 4.98 Å². The van der Waals surface area contributed by atoms with E-state index in [1.807, 2.05) is 112 Å². The molecule has 0 saturated heterocycles. The van der Waals surface area contributed by atoms with Crippen LogP contribution in [0.5, 0.6) is 0 Å². The Morgan fingerprint density at radius 3 is 2.03 bits per heavy atom. The molecule has 0 fully saturated rings. The van der Waals surface area contributed by atoms with E-state index in [-0.39, 0.29) is 5.56 Å². The number of rotatable bonds is 2. The van der Waals surface area contributed by atoms with Gasteiger partial charge in [0.1, 0.15) is 0 Å². The third-order valence-corrected chi connectivity index (χ3v) is 6.18. The normalized spacial score (nSPS) is 11.6. The summed E-state index contributed by atoms with van der Waals surface area (Å²) in [5, 5.41) is 1.54. The van der Waals surface area contributed by atoms with Gasteiger partial charge in [0.2, 0.25) is 11.7 Å². The molecule has 0 radical (unpaired) electrons. The van der Waals surface area contributed by atoms with E-state index in [0.717, 1.165) is 38.7 Å². The molecule has 0 aliphatic rings. The number of hydrogen-bond acceptors (Lipinski definition) is 4. The summed E-state index contributed by atoms with van der Waals surface area (Å²) in [4.78, 5) is 27.4. The molecule has 0 unspecified atom stereocenters. The van der Waals surface area contributed by atoms with Crippen LogP contribution in [0.15, 0.2) is 108 Å². The number of nitrogens with zero attached hydrogens (tertiary/aromatic N) is 5. The Bertz CT molecular complexity index is 1940. The van der Waals surface area contributed by atoms with Gasteiger partial charge in [-0.1, -0.05) is 72.8 Å². The first-order valence-electron chi connectivity index (χ1n) is 11.0. The van der Waals surface area contributed by atoms with Gasteiger partial charge in [-0.15, -0.1) is 0 Å². The molecule has 4 aromatic carbocycles. The van der Waals surface area contributed by atoms with Gasteiger partial charge in [-0.2, -0.15) is 4.98 Å². The van der Waals surface area contributed by atoms with Crippen molar-refractivity contribution in [1.29, 1.82) is 0 Å². The van der Waals surface area contributed by atoms with Crippen molar-refractivity contribution in [1.82, 2.24) is 23.9 Å². The van der Waals surface area contributed by atoms with Crippen LogP contribution in [-0.4, -0.2) is 23.9 Å². The van der Waals surface area contributed by atoms with Gasteiger partial charge < -0.3 is 0 Å². The molecule has 0 N–H and O–H groups in total. The Balaban J connectivity index is 1.67. The fourth-order valence-corrected chi connectivity index (χ4v) is 4.67. The molecule has 0 saturated carbocycles. The van der Waals surface area contributed by atoms with E-state index in [0.29, 0.717) is 17.1 Å². The van der Waals surface area contributed by atoms with Crippen LogP contribution in [0.4, 0.5) is 0 Å². The maximum absolute atomic E-state index is 13.0. The molecule has 6 nitrogen and oxygen atoms in total. The van der Waals surface area contributed by atoms with Crippen molar-refractivity contribution in [2.45, 2.75) is 0 Å². The Labute approximate surface area is 193 Å². The average molecular weight is 439 g/mol. The third kappa shape index (κ3) is 2.62. The minimum absolute atomic E-state index is 0.274. The van der Waals surface area contributed by atoms with E-state index in [4.69, 9.17) is 9.97 Å². The number of aromatic nitrogens is 5. The zero-order chi connectivity index (χ0) is 22.6. The first kappa shape index (κ1) is 18.7. The van der Waals surface area contributed by atoms with Gasteiger partial charge in [0.15, 0.2) is 0 Å². The molecule has 3 heterocycles. The zero-order valence-corrected chi connectivity index (χ0v) is 18.0. The van der Waals surface area contributed by atoms with Gasteiger partial charge >= 0.3 is 0 Å². The average Bonchev–Trinajstić information content (AvgIpc) is 3.23. The van der Waals surface area contributed by atoms with Crippen molar-refractivity contribution in [3.8, 4) is 17.2 Å². The van der Waals surface area contributed by atoms with Crippen molar-refractivity contribution < 1.29 is 0 Å². The third-order valence-electron chi connectivity index (χ3n) is 6.18. The van der Waals surface area contributed by atoms with Crippen LogP contribution in [-0.2, 0) is 0 Å². The van der Waals surface area contributed by atoms with Gasteiger partial charge in [0, 0.05) is 10.9 Å². The summed E-state index contributed by atoms with van der Waals surface area (Å²) in [5.74, 6) is 0.956. The van der Waals surface area contributed by atoms with Crippen LogP contribution in [0.3, 0.4) is 0 Å². The highest BCUT2D eigenvalue weighted by Crippen LogP contribution is 2.30. The predicted octanol–water partition coefficient (Wildman–Crippen LogP) is 5.40. The number of fused-ring (bicyclic) bond motifs is 6. The van der Waals surface area contributed by atoms with Crippen molar-refractivity contribution in [3.63, 3.8) is 0 Å². The molecule has 0 aliphatic heterocycles. The Hall–Kier alpha value is -4.84. The summed E-state index contributed by atoms with van der Waals surface area (Å²) < 4.78 is 3.88. The zero-order valence-electron chi connectivity index (χ0n) is 18.0. The monoisotopic (exact) mass is 439 g/mol. The lowest BCUT2D eigenvalue weighted by atomic mass is 10.1. The fraction of sp³-hybridized carbons (Fsp3) is 0. The highest BCUT2D eigenvalue weighted by atomic mass is 16.1. The molecule has 3 aromatic heterocycles. The molecular weight excluding hydrogens is 422 g/mol. The number of hydrogen-bond donors (Lipinski definition) is 0. The van der Waals surface area contributed by atoms with Crippen LogP contribution in [0.1, 0.15) is 0 Å². The van der Waals surface area contributed by atoms with Crippen molar-refractivity contribution in [2.24, 2.45) is 0 Å². The molecule has 7 aromatic rings. The Morgan fingerprint density at radius 1 is 0.559 bits per heavy atom. The first-order chi connectivity index (χ1) is 16.8. The largest absolute Gasteiger partial charge is 0.282 e. The van der Waals surface area contributed by atoms with Crippen LogP contribution in [0.25, 0.3) is 55.8 Å². The van der Waals surface area contributed by atoms with E-state index >= 15 is 0 Å². The predicted molar refractivity (Wildman–Crippen MR) is 134 cm³/mol. The van der Waals surface area contributed by atoms with Crippen molar-refractivity contribution in [2.75, 3.05) is 0 Å². The van der Waals surface area contributed by atoms with Crippen LogP contribution < -0.4 is 5.56 Å². The van der Waals surface area contributed by atoms with Gasteiger partial charge in [0.25, 0.3) is 5.56 Å². The minimum atomic E-state index is -0.274. The van der Waals surface area contributed by atoms with Crippen molar-refractivity contribution >= 4 is 38.6 Å². The maximum Gasteiger partial charge on any atom is 0.282 e. The fourth-order valence-electron chi connectivity index (χ4n) is 4.67. The van der Waals surface area contributed by atoms with Crippen LogP contribution in [0.2, 0.25) is 0 Å². The number of para-hydroxylation sites is 4. The van der Waals surface area contributed by atoms with Gasteiger partial charge in [-0.05, 0) is 30.3 Å². The summed E-state index contributed by atoms with van der Waals surface area (Å²) in [6, 6.07) is 33.6. The molecule has 0 spiro atoms. The smallest absolute Gasteiger partial charge is 0.277 e. The quantitative estimate of drug-likeness (QED) is 0.362. The van der Waals surface area contributed by atoms with Crippen LogP contribution >= 0.6 is 0 Å². The number of imidazole rings is 1. The van der Waals surface area contributed by atoms with Gasteiger partial charge in [-0.3, -0.25) is 9.20 Å². The molecule has 0 atom stereocenters. The van der Waals surface area contributed by atoms with Gasteiger partial charge in [-0.25, -0.2) is 14.5 Å². The minimum Gasteiger partial charge on any atom is -0.277 e. The topological polar surface area (TPSA) is 65.1 Å². The molecule has 160 valence electrons. The van der Waals surface area contributed by atoms with Gasteiger partial charge in [0.05, 0.1) is 33.1 Å². The summed E-state index contributed by atoms with van der Waals surface area (Å²) in [5.41, 5.74) is 4.99. The van der Waals surface area contributed by atoms with E-state index in [1.54, 1.807) is 0 Å². The van der Waals surface area contributed by atoms with Crippen molar-refractivity contribution in [3.05, 3.63) is 113 Å². The molecule has 0 bridgehead atoms. The maximum atomic E-state index is 13.0. The lowest BCUT2D eigenvalue weighted by molar-refractivity contribution is 0.969. The van der Waals surface area contributed by atoms with E-state index in [1.165, 1.54) is 0 Å². The summed E-state index contributed by atoms with van der Waals surface area (Å²) in [7, 11) is 0. The second-order valence-corrected chi connectivity index (χ2v) is 8.15. The highest BCUT2D eigenvalue weighted by molar-refractivity contribution is 5.94. The summed E-state index contributed by atoms with van der Waals surface area (Å²) in [6.07, 6.45) is 0. The lowest BCUT2D eigenvalue weighted by Crippen LogP contribution is -2.13. The second-order valence-electron chi connectivity index (χ2n) is 8.15. The molecule has 0 amide bonds. The first-order valence-corrected chi connectivity index (χ1v) is 11.0. The Morgan fingerprint density at radius 2 is 1.21 bits per heavy atom. The van der Waals surface area contributed by atoms with Crippen LogP contribution in [0, 0.1) is 0 Å². The highest BCUT2D eigenvalue weighted by Gasteiger charge is 2.19. The second kappa shape index (κ2) is 7.08. The van der Waals surface area contributed by atoms with E-state index < -0.39 is 0 Å². The molecule has 6 heteroatoms.